The molecule has 2 aliphatic heterocycles. The third-order valence-corrected chi connectivity index (χ3v) is 7.74. The number of halogens is 1. The molecule has 0 saturated carbocycles. The monoisotopic (exact) mass is 502 g/mol. The molecule has 36 heavy (non-hydrogen) atoms. The van der Waals surface area contributed by atoms with Crippen LogP contribution in [0.3, 0.4) is 0 Å². The van der Waals surface area contributed by atoms with Crippen LogP contribution in [0.4, 0.5) is 0 Å². The van der Waals surface area contributed by atoms with Crippen molar-refractivity contribution < 1.29 is 24.8 Å². The Morgan fingerprint density at radius 1 is 1.06 bits per heavy atom. The van der Waals surface area contributed by atoms with Crippen LogP contribution in [0, 0.1) is 11.3 Å². The van der Waals surface area contributed by atoms with Crippen LogP contribution in [0.15, 0.2) is 60.7 Å². The number of hydrogen-bond acceptors (Lipinski definition) is 6. The first-order chi connectivity index (χ1) is 17.3. The van der Waals surface area contributed by atoms with Gasteiger partial charge in [-0.05, 0) is 43.3 Å². The van der Waals surface area contributed by atoms with Gasteiger partial charge in [-0.15, -0.1) is 0 Å². The first-order valence-electron chi connectivity index (χ1n) is 11.7. The molecule has 182 valence electrons. The molecular formula is C28H23ClN2O5. The molecule has 0 radical (unpaired) electrons. The molecule has 6 rings (SSSR count). The smallest absolute Gasteiger partial charge is 0.205 e. The zero-order valence-corrected chi connectivity index (χ0v) is 20.2. The van der Waals surface area contributed by atoms with Crippen LogP contribution in [0.1, 0.15) is 36.5 Å². The fraction of sp³-hybridized carbons (Fsp3) is 0.250. The molecule has 2 bridgehead atoms. The van der Waals surface area contributed by atoms with E-state index < -0.39 is 17.3 Å². The van der Waals surface area contributed by atoms with Crippen LogP contribution in [0.25, 0.3) is 16.5 Å². The maximum absolute atomic E-state index is 11.5. The Balaban J connectivity index is 1.45. The average molecular weight is 503 g/mol. The van der Waals surface area contributed by atoms with Gasteiger partial charge in [0.2, 0.25) is 11.8 Å². The number of benzene rings is 3. The number of hydrogen-bond donors (Lipinski definition) is 3. The summed E-state index contributed by atoms with van der Waals surface area (Å²) in [4.78, 5) is 0. The Bertz CT molecular complexity index is 1560. The van der Waals surface area contributed by atoms with E-state index in [-0.39, 0.29) is 24.8 Å². The molecule has 1 aromatic heterocycles. The lowest BCUT2D eigenvalue weighted by molar-refractivity contribution is -0.107. The normalized spacial score (nSPS) is 24.1. The summed E-state index contributed by atoms with van der Waals surface area (Å²) in [5.74, 6) is 0.294. The molecule has 1 saturated heterocycles. The van der Waals surface area contributed by atoms with Crippen LogP contribution in [0.2, 0.25) is 5.02 Å². The predicted molar refractivity (Wildman–Crippen MR) is 134 cm³/mol. The van der Waals surface area contributed by atoms with Gasteiger partial charge < -0.3 is 24.8 Å². The van der Waals surface area contributed by atoms with Crippen molar-refractivity contribution >= 4 is 22.4 Å². The van der Waals surface area contributed by atoms with E-state index in [1.54, 1.807) is 43.3 Å². The van der Waals surface area contributed by atoms with Crippen LogP contribution in [-0.2, 0) is 15.9 Å². The number of nitrogens with zero attached hydrogens (tertiary/aromatic N) is 2. The van der Waals surface area contributed by atoms with Crippen molar-refractivity contribution in [2.75, 3.05) is 6.61 Å². The van der Waals surface area contributed by atoms with E-state index in [2.05, 4.69) is 6.07 Å². The molecule has 3 aromatic carbocycles. The molecule has 7 nitrogen and oxygen atoms in total. The molecule has 3 atom stereocenters. The molecule has 1 fully saturated rings. The minimum atomic E-state index is -1.19. The predicted octanol–water partition coefficient (Wildman–Crippen LogP) is 5.24. The molecule has 3 N–H and O–H groups in total. The van der Waals surface area contributed by atoms with Crippen molar-refractivity contribution in [3.05, 3.63) is 82.4 Å². The van der Waals surface area contributed by atoms with Crippen molar-refractivity contribution in [3.8, 4) is 29.3 Å². The van der Waals surface area contributed by atoms with Crippen LogP contribution in [0.5, 0.6) is 17.5 Å². The maximum atomic E-state index is 11.5. The number of nitriles is 1. The number of aliphatic hydroxyl groups is 1. The molecule has 2 aliphatic rings. The van der Waals surface area contributed by atoms with Crippen LogP contribution < -0.4 is 4.74 Å². The van der Waals surface area contributed by atoms with Gasteiger partial charge in [-0.3, -0.25) is 4.57 Å². The van der Waals surface area contributed by atoms with E-state index in [9.17, 15) is 20.6 Å². The largest absolute Gasteiger partial charge is 0.494 e. The Kier molecular flexibility index (Phi) is 4.99. The van der Waals surface area contributed by atoms with E-state index >= 15 is 0 Å². The zero-order chi connectivity index (χ0) is 25.2. The second-order valence-corrected chi connectivity index (χ2v) is 9.93. The summed E-state index contributed by atoms with van der Waals surface area (Å²) in [6.07, 6.45) is -0.272. The highest BCUT2D eigenvalue weighted by Gasteiger charge is 2.66. The van der Waals surface area contributed by atoms with Gasteiger partial charge in [0.15, 0.2) is 0 Å². The number of aliphatic hydroxyl groups excluding tert-OH is 1. The fourth-order valence-corrected chi connectivity index (χ4v) is 5.92. The summed E-state index contributed by atoms with van der Waals surface area (Å²) in [5.41, 5.74) is -0.371. The molecule has 0 aliphatic carbocycles. The second-order valence-electron chi connectivity index (χ2n) is 9.50. The number of rotatable bonds is 5. The third-order valence-electron chi connectivity index (χ3n) is 7.49. The number of ether oxygens (including phenoxy) is 2. The quantitative estimate of drug-likeness (QED) is 0.344. The molecule has 1 unspecified atom stereocenters. The summed E-state index contributed by atoms with van der Waals surface area (Å²) in [5, 5.41) is 45.5. The summed E-state index contributed by atoms with van der Waals surface area (Å²) < 4.78 is 13.6. The third kappa shape index (κ3) is 3.05. The average Bonchev–Trinajstić information content (AvgIpc) is 3.41. The fourth-order valence-electron chi connectivity index (χ4n) is 5.79. The summed E-state index contributed by atoms with van der Waals surface area (Å²) in [6.45, 7) is 1.99. The molecule has 0 spiro atoms. The Morgan fingerprint density at radius 2 is 1.75 bits per heavy atom. The maximum Gasteiger partial charge on any atom is 0.205 e. The minimum Gasteiger partial charge on any atom is -0.494 e. The highest BCUT2D eigenvalue weighted by molar-refractivity contribution is 6.30. The van der Waals surface area contributed by atoms with E-state index in [4.69, 9.17) is 21.1 Å². The van der Waals surface area contributed by atoms with Gasteiger partial charge in [0, 0.05) is 28.6 Å². The van der Waals surface area contributed by atoms with E-state index in [1.807, 2.05) is 24.3 Å². The number of aromatic nitrogens is 1. The Labute approximate surface area is 212 Å². The van der Waals surface area contributed by atoms with Crippen molar-refractivity contribution in [1.82, 2.24) is 4.57 Å². The minimum absolute atomic E-state index is 0.153. The number of fused-ring (bicyclic) bond motifs is 6. The molecule has 8 heteroatoms. The summed E-state index contributed by atoms with van der Waals surface area (Å²) in [7, 11) is 0. The summed E-state index contributed by atoms with van der Waals surface area (Å²) in [6, 6.07) is 19.9. The van der Waals surface area contributed by atoms with Gasteiger partial charge in [0.05, 0.1) is 41.2 Å². The van der Waals surface area contributed by atoms with E-state index in [1.165, 1.54) is 4.57 Å². The lowest BCUT2D eigenvalue weighted by atomic mass is 9.76. The topological polar surface area (TPSA) is 108 Å². The lowest BCUT2D eigenvalue weighted by Gasteiger charge is -2.26. The van der Waals surface area contributed by atoms with Crippen molar-refractivity contribution in [3.63, 3.8) is 0 Å². The van der Waals surface area contributed by atoms with E-state index in [0.717, 1.165) is 0 Å². The van der Waals surface area contributed by atoms with Gasteiger partial charge in [0.25, 0.3) is 0 Å². The lowest BCUT2D eigenvalue weighted by Crippen LogP contribution is -2.33. The SMILES string of the molecule is C[C@@]12O[C@@](CCOc3ccc(Cl)cc3)(CC1O)c1c2c(O)n(-c2ccc(C#N)c3ccccc23)c1O. The highest BCUT2D eigenvalue weighted by Crippen LogP contribution is 2.65. The van der Waals surface area contributed by atoms with Gasteiger partial charge in [-0.1, -0.05) is 35.9 Å². The Morgan fingerprint density at radius 3 is 2.47 bits per heavy atom. The molecular weight excluding hydrogens is 480 g/mol. The van der Waals surface area contributed by atoms with Gasteiger partial charge in [-0.2, -0.15) is 5.26 Å². The first kappa shape index (κ1) is 22.7. The number of aromatic hydroxyl groups is 2. The second kappa shape index (κ2) is 7.90. The van der Waals surface area contributed by atoms with Gasteiger partial charge in [-0.25, -0.2) is 0 Å². The van der Waals surface area contributed by atoms with Crippen molar-refractivity contribution in [2.45, 2.75) is 37.1 Å². The van der Waals surface area contributed by atoms with Crippen molar-refractivity contribution in [1.29, 1.82) is 5.26 Å². The highest BCUT2D eigenvalue weighted by atomic mass is 35.5. The van der Waals surface area contributed by atoms with E-state index in [0.29, 0.717) is 50.3 Å². The van der Waals surface area contributed by atoms with Gasteiger partial charge in [0.1, 0.15) is 17.0 Å². The standard InChI is InChI=1S/C28H23ClN2O5/c1-27-22(32)14-28(36-27,12-13-35-18-9-7-17(29)8-10-18)24-23(27)25(33)31(26(24)34)21-11-6-16(15-30)19-4-2-3-5-20(19)21/h2-11,22,32-34H,12-14H2,1H3/t22?,27-,28+/m1/s1. The van der Waals surface area contributed by atoms with Gasteiger partial charge >= 0.3 is 0 Å². The van der Waals surface area contributed by atoms with Crippen LogP contribution >= 0.6 is 11.6 Å². The molecule has 3 heterocycles. The zero-order valence-electron chi connectivity index (χ0n) is 19.4. The van der Waals surface area contributed by atoms with Crippen molar-refractivity contribution in [2.24, 2.45) is 0 Å². The molecule has 0 amide bonds. The first-order valence-corrected chi connectivity index (χ1v) is 12.0. The molecule has 4 aromatic rings. The summed E-state index contributed by atoms with van der Waals surface area (Å²) >= 11 is 5.95. The van der Waals surface area contributed by atoms with Crippen LogP contribution in [-0.4, -0.2) is 32.6 Å². The Hall–Kier alpha value is -3.70.